The minimum absolute atomic E-state index is 0.950. The fraction of sp³-hybridized carbons (Fsp3) is 1.00. The molecule has 1 rings (SSSR count). The third-order valence-corrected chi connectivity index (χ3v) is 7.82. The van der Waals surface area contributed by atoms with E-state index in [4.69, 9.17) is 0 Å². The van der Waals surface area contributed by atoms with Gasteiger partial charge in [-0.05, 0) is 25.7 Å². The summed E-state index contributed by atoms with van der Waals surface area (Å²) in [7, 11) is 0.806. The van der Waals surface area contributed by atoms with Crippen LogP contribution in [0, 0.1) is 0 Å². The third-order valence-electron chi connectivity index (χ3n) is 3.49. The van der Waals surface area contributed by atoms with Crippen LogP contribution in [0.5, 0.6) is 0 Å². The van der Waals surface area contributed by atoms with Crippen molar-refractivity contribution >= 4 is 8.40 Å². The summed E-state index contributed by atoms with van der Waals surface area (Å²) in [6.07, 6.45) is 7.23. The van der Waals surface area contributed by atoms with Gasteiger partial charge in [0.25, 0.3) is 0 Å². The van der Waals surface area contributed by atoms with Crippen LogP contribution in [0.1, 0.15) is 39.0 Å². The Hall–Kier alpha value is 0.137. The molecule has 1 atom stereocenters. The highest BCUT2D eigenvalue weighted by Crippen LogP contribution is 2.33. The van der Waals surface area contributed by atoms with Crippen LogP contribution < -0.4 is 9.96 Å². The van der Waals surface area contributed by atoms with Gasteiger partial charge in [-0.25, -0.2) is 0 Å². The summed E-state index contributed by atoms with van der Waals surface area (Å²) in [6.45, 7) is 5.76. The van der Waals surface area contributed by atoms with Gasteiger partial charge in [0, 0.05) is 0 Å². The molecule has 78 valence electrons. The number of hydrogen-bond donors (Lipinski definition) is 2. The van der Waals surface area contributed by atoms with Crippen LogP contribution in [-0.4, -0.2) is 22.0 Å². The highest BCUT2D eigenvalue weighted by atomic mass is 28.3. The molecule has 0 amide bonds. The lowest BCUT2D eigenvalue weighted by molar-refractivity contribution is 0.481. The minimum atomic E-state index is -1.32. The quantitative estimate of drug-likeness (QED) is 0.680. The van der Waals surface area contributed by atoms with Crippen molar-refractivity contribution in [3.63, 3.8) is 0 Å². The Labute approximate surface area is 83.7 Å². The molecule has 1 saturated carbocycles. The van der Waals surface area contributed by atoms with Crippen molar-refractivity contribution in [1.82, 2.24) is 9.96 Å². The van der Waals surface area contributed by atoms with Crippen LogP contribution >= 0.6 is 0 Å². The van der Waals surface area contributed by atoms with Gasteiger partial charge in [-0.2, -0.15) is 0 Å². The second-order valence-electron chi connectivity index (χ2n) is 4.32. The summed E-state index contributed by atoms with van der Waals surface area (Å²) in [4.78, 5) is 7.28. The smallest absolute Gasteiger partial charge is 0.201 e. The SMILES string of the molecule is CCN[Si](C)(NC)C1CCCCC1. The molecule has 2 nitrogen and oxygen atoms in total. The van der Waals surface area contributed by atoms with Crippen LogP contribution in [0.15, 0.2) is 0 Å². The van der Waals surface area contributed by atoms with Crippen molar-refractivity contribution in [2.45, 2.75) is 51.1 Å². The molecule has 0 spiro atoms. The van der Waals surface area contributed by atoms with E-state index in [1.54, 1.807) is 0 Å². The largest absolute Gasteiger partial charge is 0.328 e. The lowest BCUT2D eigenvalue weighted by Crippen LogP contribution is -2.62. The molecule has 0 aliphatic heterocycles. The Kier molecular flexibility index (Phi) is 4.42. The third kappa shape index (κ3) is 2.79. The summed E-state index contributed by atoms with van der Waals surface area (Å²) in [5.41, 5.74) is 0.950. The van der Waals surface area contributed by atoms with E-state index < -0.39 is 8.40 Å². The zero-order valence-corrected chi connectivity index (χ0v) is 10.3. The number of hydrogen-bond acceptors (Lipinski definition) is 2. The zero-order chi connectivity index (χ0) is 9.73. The highest BCUT2D eigenvalue weighted by Gasteiger charge is 2.35. The van der Waals surface area contributed by atoms with Crippen LogP contribution in [0.3, 0.4) is 0 Å². The van der Waals surface area contributed by atoms with Crippen LogP contribution in [0.4, 0.5) is 0 Å². The molecule has 1 unspecified atom stereocenters. The lowest BCUT2D eigenvalue weighted by Gasteiger charge is -2.37. The standard InChI is InChI=1S/C10H24N2Si/c1-4-12-13(3,11-2)10-8-6-5-7-9-10/h10-12H,4-9H2,1-3H3. The molecule has 3 heteroatoms. The van der Waals surface area contributed by atoms with Crippen molar-refractivity contribution in [2.75, 3.05) is 13.6 Å². The minimum Gasteiger partial charge on any atom is -0.328 e. The van der Waals surface area contributed by atoms with E-state index in [1.807, 2.05) is 0 Å². The van der Waals surface area contributed by atoms with E-state index in [-0.39, 0.29) is 0 Å². The summed E-state index contributed by atoms with van der Waals surface area (Å²) in [5, 5.41) is 0. The summed E-state index contributed by atoms with van der Waals surface area (Å²) in [5.74, 6) is 0. The molecule has 0 saturated heterocycles. The molecule has 13 heavy (non-hydrogen) atoms. The molecule has 1 fully saturated rings. The maximum atomic E-state index is 3.71. The Morgan fingerprint density at radius 2 is 1.85 bits per heavy atom. The molecule has 0 radical (unpaired) electrons. The Morgan fingerprint density at radius 1 is 1.23 bits per heavy atom. The van der Waals surface area contributed by atoms with Crippen molar-refractivity contribution in [2.24, 2.45) is 0 Å². The second kappa shape index (κ2) is 5.13. The van der Waals surface area contributed by atoms with Gasteiger partial charge in [0.15, 0.2) is 0 Å². The van der Waals surface area contributed by atoms with E-state index in [9.17, 15) is 0 Å². The molecule has 2 N–H and O–H groups in total. The Balaban J connectivity index is 2.51. The highest BCUT2D eigenvalue weighted by molar-refractivity contribution is 6.75. The summed E-state index contributed by atoms with van der Waals surface area (Å²) >= 11 is 0. The normalized spacial score (nSPS) is 24.2. The van der Waals surface area contributed by atoms with Crippen molar-refractivity contribution in [3.05, 3.63) is 0 Å². The van der Waals surface area contributed by atoms with Gasteiger partial charge < -0.3 is 9.96 Å². The maximum Gasteiger partial charge on any atom is 0.201 e. The fourth-order valence-corrected chi connectivity index (χ4v) is 5.66. The average Bonchev–Trinajstić information content (AvgIpc) is 2.19. The van der Waals surface area contributed by atoms with Crippen molar-refractivity contribution in [3.8, 4) is 0 Å². The predicted octanol–water partition coefficient (Wildman–Crippen LogP) is 2.22. The second-order valence-corrected chi connectivity index (χ2v) is 8.39. The van der Waals surface area contributed by atoms with Gasteiger partial charge in [0.1, 0.15) is 0 Å². The fourth-order valence-electron chi connectivity index (χ4n) is 2.48. The first-order valence-electron chi connectivity index (χ1n) is 5.67. The monoisotopic (exact) mass is 200 g/mol. The van der Waals surface area contributed by atoms with Gasteiger partial charge in [0.05, 0.1) is 0 Å². The lowest BCUT2D eigenvalue weighted by atomic mass is 10.0. The van der Waals surface area contributed by atoms with E-state index in [0.717, 1.165) is 12.1 Å². The van der Waals surface area contributed by atoms with E-state index in [1.165, 1.54) is 32.1 Å². The summed E-state index contributed by atoms with van der Waals surface area (Å²) < 4.78 is 0. The van der Waals surface area contributed by atoms with Gasteiger partial charge >= 0.3 is 0 Å². The van der Waals surface area contributed by atoms with E-state index >= 15 is 0 Å². The van der Waals surface area contributed by atoms with Gasteiger partial charge in [0.2, 0.25) is 8.40 Å². The average molecular weight is 200 g/mol. The molecule has 0 aromatic rings. The molecule has 0 aromatic carbocycles. The van der Waals surface area contributed by atoms with Gasteiger partial charge in [-0.15, -0.1) is 0 Å². The molecule has 1 aliphatic carbocycles. The van der Waals surface area contributed by atoms with E-state index in [2.05, 4.69) is 30.5 Å². The first-order chi connectivity index (χ1) is 6.23. The first kappa shape index (κ1) is 11.2. The van der Waals surface area contributed by atoms with Crippen LogP contribution in [0.2, 0.25) is 12.1 Å². The molecular weight excluding hydrogens is 176 g/mol. The topological polar surface area (TPSA) is 24.1 Å². The molecule has 0 heterocycles. The zero-order valence-electron chi connectivity index (χ0n) is 9.32. The number of rotatable bonds is 4. The van der Waals surface area contributed by atoms with Gasteiger partial charge in [-0.3, -0.25) is 0 Å². The van der Waals surface area contributed by atoms with Gasteiger partial charge in [-0.1, -0.05) is 39.0 Å². The van der Waals surface area contributed by atoms with Crippen molar-refractivity contribution < 1.29 is 0 Å². The molecular formula is C10H24N2Si. The predicted molar refractivity (Wildman–Crippen MR) is 61.2 cm³/mol. The molecule has 1 aliphatic rings. The molecule has 0 bridgehead atoms. The van der Waals surface area contributed by atoms with Crippen LogP contribution in [-0.2, 0) is 0 Å². The maximum absolute atomic E-state index is 3.71. The van der Waals surface area contributed by atoms with Crippen LogP contribution in [0.25, 0.3) is 0 Å². The number of nitrogens with one attached hydrogen (secondary N) is 2. The van der Waals surface area contributed by atoms with Crippen molar-refractivity contribution in [1.29, 1.82) is 0 Å². The Morgan fingerprint density at radius 3 is 2.31 bits per heavy atom. The van der Waals surface area contributed by atoms with E-state index in [0.29, 0.717) is 0 Å². The molecule has 0 aromatic heterocycles. The Bertz CT molecular complexity index is 146. The first-order valence-corrected chi connectivity index (χ1v) is 8.24. The summed E-state index contributed by atoms with van der Waals surface area (Å²) in [6, 6.07) is 0.